The van der Waals surface area contributed by atoms with Crippen molar-refractivity contribution in [2.45, 2.75) is 32.7 Å². The van der Waals surface area contributed by atoms with E-state index in [-0.39, 0.29) is 29.8 Å². The molecule has 0 aliphatic heterocycles. The topological polar surface area (TPSA) is 49.3 Å². The highest BCUT2D eigenvalue weighted by Gasteiger charge is 2.04. The van der Waals surface area contributed by atoms with Crippen LogP contribution in [0.15, 0.2) is 33.0 Å². The Labute approximate surface area is 177 Å². The van der Waals surface area contributed by atoms with Crippen molar-refractivity contribution in [1.29, 1.82) is 0 Å². The summed E-state index contributed by atoms with van der Waals surface area (Å²) < 4.78 is 14.5. The van der Waals surface area contributed by atoms with Gasteiger partial charge in [0.1, 0.15) is 5.82 Å². The fourth-order valence-electron chi connectivity index (χ4n) is 2.20. The van der Waals surface area contributed by atoms with Crippen LogP contribution in [0.5, 0.6) is 0 Å². The summed E-state index contributed by atoms with van der Waals surface area (Å²) >= 11 is 4.95. The zero-order valence-electron chi connectivity index (χ0n) is 14.3. The Morgan fingerprint density at radius 3 is 2.80 bits per heavy atom. The number of aryl methyl sites for hydroxylation is 2. The van der Waals surface area contributed by atoms with Crippen LogP contribution in [0, 0.1) is 5.82 Å². The van der Waals surface area contributed by atoms with Gasteiger partial charge in [0, 0.05) is 23.4 Å². The first-order chi connectivity index (χ1) is 11.6. The lowest BCUT2D eigenvalue weighted by molar-refractivity contribution is 0.601. The van der Waals surface area contributed by atoms with E-state index in [9.17, 15) is 4.39 Å². The SMILES string of the molecule is CCc1nc(CNC(=NC)NCCCc2ccc(Br)cc2F)cs1.I. The molecular formula is C17H23BrFIN4S. The molecule has 2 rings (SSSR count). The Kier molecular flexibility index (Phi) is 10.5. The minimum absolute atomic E-state index is 0. The van der Waals surface area contributed by atoms with Gasteiger partial charge in [-0.3, -0.25) is 4.99 Å². The molecule has 1 aromatic heterocycles. The number of thiazole rings is 1. The summed E-state index contributed by atoms with van der Waals surface area (Å²) in [4.78, 5) is 8.71. The zero-order valence-corrected chi connectivity index (χ0v) is 19.0. The van der Waals surface area contributed by atoms with Gasteiger partial charge >= 0.3 is 0 Å². The number of aliphatic imine (C=N–C) groups is 1. The van der Waals surface area contributed by atoms with Crippen LogP contribution in [0.25, 0.3) is 0 Å². The van der Waals surface area contributed by atoms with Gasteiger partial charge in [0.2, 0.25) is 0 Å². The number of halogens is 3. The van der Waals surface area contributed by atoms with E-state index in [2.05, 4.69) is 48.8 Å². The molecule has 0 fully saturated rings. The third-order valence-corrected chi connectivity index (χ3v) is 5.03. The number of rotatable bonds is 7. The highest BCUT2D eigenvalue weighted by atomic mass is 127. The van der Waals surface area contributed by atoms with E-state index >= 15 is 0 Å². The predicted octanol–water partition coefficient (Wildman–Crippen LogP) is 4.52. The summed E-state index contributed by atoms with van der Waals surface area (Å²) in [6, 6.07) is 5.19. The summed E-state index contributed by atoms with van der Waals surface area (Å²) in [7, 11) is 1.74. The van der Waals surface area contributed by atoms with Crippen molar-refractivity contribution in [3.05, 3.63) is 50.1 Å². The van der Waals surface area contributed by atoms with Crippen LogP contribution in [-0.4, -0.2) is 24.5 Å². The van der Waals surface area contributed by atoms with Gasteiger partial charge in [0.05, 0.1) is 17.2 Å². The molecule has 0 amide bonds. The average Bonchev–Trinajstić information content (AvgIpc) is 3.04. The highest BCUT2D eigenvalue weighted by Crippen LogP contribution is 2.16. The lowest BCUT2D eigenvalue weighted by atomic mass is 10.1. The molecule has 0 bridgehead atoms. The normalized spacial score (nSPS) is 11.1. The van der Waals surface area contributed by atoms with Gasteiger partial charge in [-0.2, -0.15) is 0 Å². The van der Waals surface area contributed by atoms with Gasteiger partial charge < -0.3 is 10.6 Å². The molecule has 1 heterocycles. The maximum Gasteiger partial charge on any atom is 0.191 e. The lowest BCUT2D eigenvalue weighted by Gasteiger charge is -2.11. The largest absolute Gasteiger partial charge is 0.356 e. The Balaban J connectivity index is 0.00000312. The molecule has 0 atom stereocenters. The van der Waals surface area contributed by atoms with E-state index in [1.54, 1.807) is 18.4 Å². The molecular weight excluding hydrogens is 518 g/mol. The highest BCUT2D eigenvalue weighted by molar-refractivity contribution is 14.0. The minimum Gasteiger partial charge on any atom is -0.356 e. The van der Waals surface area contributed by atoms with Crippen LogP contribution in [0.2, 0.25) is 0 Å². The summed E-state index contributed by atoms with van der Waals surface area (Å²) in [5.74, 6) is 0.569. The molecule has 0 saturated carbocycles. The van der Waals surface area contributed by atoms with Gasteiger partial charge in [-0.05, 0) is 37.0 Å². The molecule has 0 spiro atoms. The van der Waals surface area contributed by atoms with E-state index < -0.39 is 0 Å². The van der Waals surface area contributed by atoms with Gasteiger partial charge in [-0.25, -0.2) is 9.37 Å². The molecule has 138 valence electrons. The summed E-state index contributed by atoms with van der Waals surface area (Å²) in [6.07, 6.45) is 2.48. The number of aromatic nitrogens is 1. The van der Waals surface area contributed by atoms with Gasteiger partial charge in [-0.1, -0.05) is 28.9 Å². The average molecular weight is 541 g/mol. The molecule has 2 N–H and O–H groups in total. The number of nitrogens with zero attached hydrogens (tertiary/aromatic N) is 2. The molecule has 8 heteroatoms. The number of nitrogens with one attached hydrogen (secondary N) is 2. The fourth-order valence-corrected chi connectivity index (χ4v) is 3.28. The molecule has 2 aromatic rings. The molecule has 1 aromatic carbocycles. The quantitative estimate of drug-likeness (QED) is 0.235. The summed E-state index contributed by atoms with van der Waals surface area (Å²) in [6.45, 7) is 3.48. The second-order valence-corrected chi connectivity index (χ2v) is 7.14. The summed E-state index contributed by atoms with van der Waals surface area (Å²) in [5, 5.41) is 9.70. The van der Waals surface area contributed by atoms with Crippen LogP contribution in [0.1, 0.15) is 29.6 Å². The van der Waals surface area contributed by atoms with Crippen molar-refractivity contribution in [1.82, 2.24) is 15.6 Å². The Bertz CT molecular complexity index is 693. The standard InChI is InChI=1S/C17H22BrFN4S.HI/c1-3-16-23-14(11-24-16)10-22-17(20-2)21-8-4-5-12-6-7-13(18)9-15(12)19;/h6-7,9,11H,3-5,8,10H2,1-2H3,(H2,20,21,22);1H. The van der Waals surface area contributed by atoms with Crippen molar-refractivity contribution in [3.63, 3.8) is 0 Å². The van der Waals surface area contributed by atoms with Crippen molar-refractivity contribution in [2.75, 3.05) is 13.6 Å². The number of hydrogen-bond donors (Lipinski definition) is 2. The lowest BCUT2D eigenvalue weighted by Crippen LogP contribution is -2.37. The number of guanidine groups is 1. The maximum absolute atomic E-state index is 13.7. The predicted molar refractivity (Wildman–Crippen MR) is 118 cm³/mol. The Morgan fingerprint density at radius 1 is 1.36 bits per heavy atom. The molecule has 0 unspecified atom stereocenters. The first-order valence-corrected chi connectivity index (χ1v) is 9.61. The van der Waals surface area contributed by atoms with Gasteiger partial charge in [-0.15, -0.1) is 35.3 Å². The van der Waals surface area contributed by atoms with Crippen LogP contribution in [-0.2, 0) is 19.4 Å². The second-order valence-electron chi connectivity index (χ2n) is 5.28. The fraction of sp³-hybridized carbons (Fsp3) is 0.412. The van der Waals surface area contributed by atoms with Crippen molar-refractivity contribution in [2.24, 2.45) is 4.99 Å². The molecule has 4 nitrogen and oxygen atoms in total. The summed E-state index contributed by atoms with van der Waals surface area (Å²) in [5.41, 5.74) is 1.76. The number of benzene rings is 1. The first kappa shape index (κ1) is 22.3. The third kappa shape index (κ3) is 7.57. The van der Waals surface area contributed by atoms with E-state index in [0.29, 0.717) is 13.0 Å². The van der Waals surface area contributed by atoms with Gasteiger partial charge in [0.15, 0.2) is 5.96 Å². The van der Waals surface area contributed by atoms with Crippen LogP contribution >= 0.6 is 51.2 Å². The van der Waals surface area contributed by atoms with Crippen molar-refractivity contribution in [3.8, 4) is 0 Å². The van der Waals surface area contributed by atoms with E-state index in [1.165, 1.54) is 6.07 Å². The minimum atomic E-state index is -0.165. The Morgan fingerprint density at radius 2 is 2.16 bits per heavy atom. The zero-order chi connectivity index (χ0) is 17.4. The monoisotopic (exact) mass is 540 g/mol. The van der Waals surface area contributed by atoms with Crippen molar-refractivity contribution >= 4 is 57.2 Å². The maximum atomic E-state index is 13.7. The van der Waals surface area contributed by atoms with Crippen molar-refractivity contribution < 1.29 is 4.39 Å². The molecule has 25 heavy (non-hydrogen) atoms. The Hall–Kier alpha value is -0.740. The molecule has 0 aliphatic rings. The molecule has 0 radical (unpaired) electrons. The third-order valence-electron chi connectivity index (χ3n) is 3.49. The molecule has 0 aliphatic carbocycles. The van der Waals surface area contributed by atoms with E-state index in [0.717, 1.165) is 46.1 Å². The second kappa shape index (κ2) is 11.8. The van der Waals surface area contributed by atoms with Crippen LogP contribution in [0.4, 0.5) is 4.39 Å². The van der Waals surface area contributed by atoms with Crippen LogP contribution in [0.3, 0.4) is 0 Å². The first-order valence-electron chi connectivity index (χ1n) is 7.94. The van der Waals surface area contributed by atoms with Crippen LogP contribution < -0.4 is 10.6 Å². The van der Waals surface area contributed by atoms with E-state index in [4.69, 9.17) is 0 Å². The van der Waals surface area contributed by atoms with Gasteiger partial charge in [0.25, 0.3) is 0 Å². The number of hydrogen-bond acceptors (Lipinski definition) is 3. The molecule has 0 saturated heterocycles. The smallest absolute Gasteiger partial charge is 0.191 e. The van der Waals surface area contributed by atoms with E-state index in [1.807, 2.05) is 12.1 Å².